The number of benzene rings is 1. The van der Waals surface area contributed by atoms with Crippen LogP contribution in [0.2, 0.25) is 5.02 Å². The number of aromatic nitrogens is 3. The van der Waals surface area contributed by atoms with E-state index >= 15 is 0 Å². The quantitative estimate of drug-likeness (QED) is 0.671. The molecule has 0 spiro atoms. The highest BCUT2D eigenvalue weighted by molar-refractivity contribution is 6.30. The Kier molecular flexibility index (Phi) is 4.71. The SMILES string of the molecule is O=C(CCc1ccc(Cl)cc1)Nc1cc(-c2ccncc2C2CC2)n[nH]1. The van der Waals surface area contributed by atoms with Gasteiger partial charge in [-0.1, -0.05) is 23.7 Å². The number of aromatic amines is 1. The van der Waals surface area contributed by atoms with E-state index in [0.717, 1.165) is 16.8 Å². The fourth-order valence-corrected chi connectivity index (χ4v) is 3.13. The molecule has 6 heteroatoms. The maximum Gasteiger partial charge on any atom is 0.225 e. The number of hydrogen-bond acceptors (Lipinski definition) is 3. The van der Waals surface area contributed by atoms with E-state index in [4.69, 9.17) is 11.6 Å². The van der Waals surface area contributed by atoms with Crippen LogP contribution in [-0.2, 0) is 11.2 Å². The van der Waals surface area contributed by atoms with Crippen LogP contribution in [0.5, 0.6) is 0 Å². The van der Waals surface area contributed by atoms with Crippen molar-refractivity contribution in [3.63, 3.8) is 0 Å². The number of hydrogen-bond donors (Lipinski definition) is 2. The molecule has 2 N–H and O–H groups in total. The maximum absolute atomic E-state index is 12.2. The van der Waals surface area contributed by atoms with Crippen LogP contribution in [0.3, 0.4) is 0 Å². The van der Waals surface area contributed by atoms with Gasteiger partial charge < -0.3 is 5.32 Å². The summed E-state index contributed by atoms with van der Waals surface area (Å²) in [5, 5.41) is 10.8. The number of carbonyl (C=O) groups excluding carboxylic acids is 1. The summed E-state index contributed by atoms with van der Waals surface area (Å²) in [7, 11) is 0. The minimum Gasteiger partial charge on any atom is -0.311 e. The van der Waals surface area contributed by atoms with Gasteiger partial charge in [-0.05, 0) is 54.5 Å². The number of nitrogens with one attached hydrogen (secondary N) is 2. The van der Waals surface area contributed by atoms with Crippen LogP contribution in [0.15, 0.2) is 48.8 Å². The fraction of sp³-hybridized carbons (Fsp3) is 0.250. The van der Waals surface area contributed by atoms with Crippen molar-refractivity contribution >= 4 is 23.3 Å². The number of H-pyrrole nitrogens is 1. The summed E-state index contributed by atoms with van der Waals surface area (Å²) in [5.41, 5.74) is 4.24. The molecular formula is C20H19ClN4O. The van der Waals surface area contributed by atoms with Gasteiger partial charge in [0.2, 0.25) is 5.91 Å². The first-order valence-corrected chi connectivity index (χ1v) is 9.11. The molecule has 26 heavy (non-hydrogen) atoms. The molecule has 2 aromatic heterocycles. The summed E-state index contributed by atoms with van der Waals surface area (Å²) in [4.78, 5) is 16.4. The van der Waals surface area contributed by atoms with Crippen LogP contribution in [0, 0.1) is 0 Å². The Morgan fingerprint density at radius 1 is 1.23 bits per heavy atom. The second-order valence-corrected chi connectivity index (χ2v) is 7.02. The van der Waals surface area contributed by atoms with Gasteiger partial charge in [0.15, 0.2) is 0 Å². The molecule has 1 aliphatic carbocycles. The molecule has 1 saturated carbocycles. The average Bonchev–Trinajstić information content (AvgIpc) is 3.41. The number of rotatable bonds is 6. The van der Waals surface area contributed by atoms with E-state index in [0.29, 0.717) is 29.6 Å². The van der Waals surface area contributed by atoms with Crippen molar-refractivity contribution < 1.29 is 4.79 Å². The second-order valence-electron chi connectivity index (χ2n) is 6.58. The van der Waals surface area contributed by atoms with Crippen LogP contribution in [0.4, 0.5) is 5.82 Å². The van der Waals surface area contributed by atoms with Crippen molar-refractivity contribution in [2.24, 2.45) is 0 Å². The van der Waals surface area contributed by atoms with E-state index in [-0.39, 0.29) is 5.91 Å². The molecule has 1 aliphatic rings. The number of anilines is 1. The van der Waals surface area contributed by atoms with Gasteiger partial charge in [0, 0.05) is 35.5 Å². The van der Waals surface area contributed by atoms with Crippen molar-refractivity contribution in [3.8, 4) is 11.3 Å². The lowest BCUT2D eigenvalue weighted by Gasteiger charge is -2.04. The Morgan fingerprint density at radius 3 is 2.81 bits per heavy atom. The van der Waals surface area contributed by atoms with E-state index in [1.165, 1.54) is 18.4 Å². The predicted molar refractivity (Wildman–Crippen MR) is 102 cm³/mol. The first-order valence-electron chi connectivity index (χ1n) is 8.73. The summed E-state index contributed by atoms with van der Waals surface area (Å²) in [6.45, 7) is 0. The van der Waals surface area contributed by atoms with Crippen molar-refractivity contribution in [3.05, 3.63) is 64.9 Å². The number of halogens is 1. The van der Waals surface area contributed by atoms with Gasteiger partial charge in [-0.3, -0.25) is 14.9 Å². The molecular weight excluding hydrogens is 348 g/mol. The van der Waals surface area contributed by atoms with Crippen molar-refractivity contribution in [2.45, 2.75) is 31.6 Å². The summed E-state index contributed by atoms with van der Waals surface area (Å²) in [6, 6.07) is 11.4. The molecule has 0 saturated heterocycles. The molecule has 1 aromatic carbocycles. The van der Waals surface area contributed by atoms with E-state index in [2.05, 4.69) is 20.5 Å². The number of aryl methyl sites for hydroxylation is 1. The number of amides is 1. The molecule has 0 bridgehead atoms. The second kappa shape index (κ2) is 7.30. The van der Waals surface area contributed by atoms with Crippen molar-refractivity contribution in [1.82, 2.24) is 15.2 Å². The number of carbonyl (C=O) groups is 1. The summed E-state index contributed by atoms with van der Waals surface area (Å²) in [6.07, 6.45) is 7.18. The Balaban J connectivity index is 1.39. The summed E-state index contributed by atoms with van der Waals surface area (Å²) in [5.74, 6) is 1.15. The van der Waals surface area contributed by atoms with Gasteiger partial charge in [-0.25, -0.2) is 0 Å². The molecule has 132 valence electrons. The van der Waals surface area contributed by atoms with Gasteiger partial charge in [-0.2, -0.15) is 5.10 Å². The molecule has 0 radical (unpaired) electrons. The summed E-state index contributed by atoms with van der Waals surface area (Å²) >= 11 is 5.87. The summed E-state index contributed by atoms with van der Waals surface area (Å²) < 4.78 is 0. The largest absolute Gasteiger partial charge is 0.311 e. The molecule has 0 aliphatic heterocycles. The van der Waals surface area contributed by atoms with Crippen LogP contribution in [0.1, 0.15) is 36.3 Å². The molecule has 0 atom stereocenters. The van der Waals surface area contributed by atoms with Crippen LogP contribution >= 0.6 is 11.6 Å². The minimum absolute atomic E-state index is 0.0488. The standard InChI is InChI=1S/C20H19ClN4O/c21-15-6-1-13(2-7-15)3-8-20(26)23-19-11-18(24-25-19)16-9-10-22-12-17(16)14-4-5-14/h1-2,6-7,9-12,14H,3-5,8H2,(H2,23,24,25,26). The fourth-order valence-electron chi connectivity index (χ4n) is 3.00. The Bertz CT molecular complexity index is 916. The van der Waals surface area contributed by atoms with Gasteiger partial charge >= 0.3 is 0 Å². The minimum atomic E-state index is -0.0488. The Labute approximate surface area is 156 Å². The molecule has 3 aromatic rings. The van der Waals surface area contributed by atoms with Gasteiger partial charge in [-0.15, -0.1) is 0 Å². The lowest BCUT2D eigenvalue weighted by atomic mass is 10.0. The van der Waals surface area contributed by atoms with E-state index in [1.807, 2.05) is 42.6 Å². The smallest absolute Gasteiger partial charge is 0.225 e. The van der Waals surface area contributed by atoms with Crippen LogP contribution in [-0.4, -0.2) is 21.1 Å². The third-order valence-electron chi connectivity index (χ3n) is 4.55. The molecule has 1 amide bonds. The van der Waals surface area contributed by atoms with Crippen molar-refractivity contribution in [2.75, 3.05) is 5.32 Å². The first-order chi connectivity index (χ1) is 12.7. The highest BCUT2D eigenvalue weighted by Crippen LogP contribution is 2.43. The molecule has 0 unspecified atom stereocenters. The maximum atomic E-state index is 12.2. The highest BCUT2D eigenvalue weighted by Gasteiger charge is 2.27. The third-order valence-corrected chi connectivity index (χ3v) is 4.80. The molecule has 2 heterocycles. The van der Waals surface area contributed by atoms with Crippen LogP contribution in [0.25, 0.3) is 11.3 Å². The van der Waals surface area contributed by atoms with E-state index in [9.17, 15) is 4.79 Å². The van der Waals surface area contributed by atoms with Gasteiger partial charge in [0.1, 0.15) is 5.82 Å². The van der Waals surface area contributed by atoms with Crippen molar-refractivity contribution in [1.29, 1.82) is 0 Å². The predicted octanol–water partition coefficient (Wildman–Crippen LogP) is 4.57. The molecule has 4 rings (SSSR count). The van der Waals surface area contributed by atoms with E-state index < -0.39 is 0 Å². The van der Waals surface area contributed by atoms with E-state index in [1.54, 1.807) is 6.20 Å². The Hall–Kier alpha value is -2.66. The third kappa shape index (κ3) is 3.94. The topological polar surface area (TPSA) is 70.7 Å². The zero-order valence-corrected chi connectivity index (χ0v) is 15.0. The van der Waals surface area contributed by atoms with Crippen LogP contribution < -0.4 is 5.32 Å². The highest BCUT2D eigenvalue weighted by atomic mass is 35.5. The lowest BCUT2D eigenvalue weighted by molar-refractivity contribution is -0.116. The monoisotopic (exact) mass is 366 g/mol. The zero-order valence-electron chi connectivity index (χ0n) is 14.2. The average molecular weight is 367 g/mol. The molecule has 1 fully saturated rings. The normalized spacial score (nSPS) is 13.6. The first kappa shape index (κ1) is 16.8. The number of pyridine rings is 1. The van der Waals surface area contributed by atoms with Gasteiger partial charge in [0.05, 0.1) is 5.69 Å². The van der Waals surface area contributed by atoms with Gasteiger partial charge in [0.25, 0.3) is 0 Å². The Morgan fingerprint density at radius 2 is 2.04 bits per heavy atom. The lowest BCUT2D eigenvalue weighted by Crippen LogP contribution is -2.12. The molecule has 5 nitrogen and oxygen atoms in total. The number of nitrogens with zero attached hydrogens (tertiary/aromatic N) is 2. The zero-order chi connectivity index (χ0) is 17.9.